The fraction of sp³-hybridized carbons (Fsp3) is 0.192. The summed E-state index contributed by atoms with van der Waals surface area (Å²) in [5.74, 6) is 1.43. The molecule has 0 saturated carbocycles. The SMILES string of the molecule is O=C(CCc1nnc(SCc2cccc(Cl)c2)n1-c1ccc(Cl)cc1)NCCc1ccccc1. The van der Waals surface area contributed by atoms with Crippen LogP contribution in [0.2, 0.25) is 10.0 Å². The van der Waals surface area contributed by atoms with Crippen LogP contribution in [0.25, 0.3) is 5.69 Å². The van der Waals surface area contributed by atoms with Crippen LogP contribution in [0.5, 0.6) is 0 Å². The first kappa shape index (κ1) is 24.3. The minimum absolute atomic E-state index is 0.00489. The Morgan fingerprint density at radius 2 is 1.62 bits per heavy atom. The van der Waals surface area contributed by atoms with Crippen molar-refractivity contribution in [2.24, 2.45) is 0 Å². The Kier molecular flexibility index (Phi) is 8.63. The second-order valence-electron chi connectivity index (χ2n) is 7.71. The summed E-state index contributed by atoms with van der Waals surface area (Å²) in [6.07, 6.45) is 1.61. The monoisotopic (exact) mass is 510 g/mol. The highest BCUT2D eigenvalue weighted by atomic mass is 35.5. The van der Waals surface area contributed by atoms with Crippen molar-refractivity contribution in [3.05, 3.63) is 106 Å². The molecule has 0 aliphatic heterocycles. The summed E-state index contributed by atoms with van der Waals surface area (Å²) >= 11 is 13.8. The van der Waals surface area contributed by atoms with Crippen LogP contribution in [0.3, 0.4) is 0 Å². The van der Waals surface area contributed by atoms with E-state index in [9.17, 15) is 4.79 Å². The zero-order valence-electron chi connectivity index (χ0n) is 18.5. The quantitative estimate of drug-likeness (QED) is 0.259. The number of rotatable bonds is 10. The van der Waals surface area contributed by atoms with Crippen molar-refractivity contribution in [2.75, 3.05) is 6.54 Å². The van der Waals surface area contributed by atoms with Crippen LogP contribution in [0.15, 0.2) is 84.0 Å². The number of carbonyl (C=O) groups is 1. The van der Waals surface area contributed by atoms with E-state index in [1.54, 1.807) is 11.8 Å². The minimum Gasteiger partial charge on any atom is -0.356 e. The van der Waals surface area contributed by atoms with Gasteiger partial charge in [0.25, 0.3) is 0 Å². The van der Waals surface area contributed by atoms with Crippen molar-refractivity contribution in [1.29, 1.82) is 0 Å². The Balaban J connectivity index is 1.42. The smallest absolute Gasteiger partial charge is 0.220 e. The van der Waals surface area contributed by atoms with Gasteiger partial charge in [-0.15, -0.1) is 10.2 Å². The van der Waals surface area contributed by atoms with Gasteiger partial charge in [0.1, 0.15) is 5.82 Å². The number of aryl methyl sites for hydroxylation is 1. The molecule has 1 aromatic heterocycles. The number of nitrogens with zero attached hydrogens (tertiary/aromatic N) is 3. The molecule has 34 heavy (non-hydrogen) atoms. The first-order valence-electron chi connectivity index (χ1n) is 11.0. The molecule has 0 atom stereocenters. The Labute approximate surface area is 213 Å². The Morgan fingerprint density at radius 1 is 0.853 bits per heavy atom. The van der Waals surface area contributed by atoms with E-state index in [-0.39, 0.29) is 5.91 Å². The van der Waals surface area contributed by atoms with Gasteiger partial charge in [-0.3, -0.25) is 9.36 Å². The summed E-state index contributed by atoms with van der Waals surface area (Å²) in [7, 11) is 0. The third-order valence-corrected chi connectivity index (χ3v) is 6.68. The molecule has 4 rings (SSSR count). The van der Waals surface area contributed by atoms with Gasteiger partial charge in [-0.25, -0.2) is 0 Å². The molecule has 0 radical (unpaired) electrons. The molecule has 4 aromatic rings. The second kappa shape index (κ2) is 12.1. The lowest BCUT2D eigenvalue weighted by Crippen LogP contribution is -2.26. The molecule has 0 spiro atoms. The fourth-order valence-electron chi connectivity index (χ4n) is 3.48. The topological polar surface area (TPSA) is 59.8 Å². The lowest BCUT2D eigenvalue weighted by Gasteiger charge is -2.11. The third-order valence-electron chi connectivity index (χ3n) is 5.20. The maximum atomic E-state index is 12.4. The number of hydrogen-bond acceptors (Lipinski definition) is 4. The summed E-state index contributed by atoms with van der Waals surface area (Å²) in [5, 5.41) is 13.9. The molecular weight excluding hydrogens is 487 g/mol. The highest BCUT2D eigenvalue weighted by molar-refractivity contribution is 7.98. The number of hydrogen-bond donors (Lipinski definition) is 1. The van der Waals surface area contributed by atoms with E-state index in [2.05, 4.69) is 27.6 Å². The number of nitrogens with one attached hydrogen (secondary N) is 1. The van der Waals surface area contributed by atoms with Crippen LogP contribution in [-0.2, 0) is 23.4 Å². The lowest BCUT2D eigenvalue weighted by atomic mass is 10.1. The highest BCUT2D eigenvalue weighted by Gasteiger charge is 2.16. The lowest BCUT2D eigenvalue weighted by molar-refractivity contribution is -0.121. The maximum Gasteiger partial charge on any atom is 0.220 e. The van der Waals surface area contributed by atoms with Crippen molar-refractivity contribution in [3.63, 3.8) is 0 Å². The molecule has 0 aliphatic rings. The Hall–Kier alpha value is -2.80. The van der Waals surface area contributed by atoms with Gasteiger partial charge >= 0.3 is 0 Å². The summed E-state index contributed by atoms with van der Waals surface area (Å²) in [6, 6.07) is 25.4. The molecule has 0 fully saturated rings. The van der Waals surface area contributed by atoms with E-state index in [1.165, 1.54) is 5.56 Å². The third kappa shape index (κ3) is 6.86. The highest BCUT2D eigenvalue weighted by Crippen LogP contribution is 2.27. The number of benzene rings is 3. The molecule has 5 nitrogen and oxygen atoms in total. The molecule has 0 unspecified atom stereocenters. The van der Waals surface area contributed by atoms with Crippen molar-refractivity contribution in [3.8, 4) is 5.69 Å². The van der Waals surface area contributed by atoms with Crippen molar-refractivity contribution in [2.45, 2.75) is 30.2 Å². The fourth-order valence-corrected chi connectivity index (χ4v) is 4.74. The van der Waals surface area contributed by atoms with Gasteiger partial charge in [0.05, 0.1) is 0 Å². The molecule has 1 heterocycles. The summed E-state index contributed by atoms with van der Waals surface area (Å²) in [4.78, 5) is 12.4. The Bertz CT molecular complexity index is 1230. The van der Waals surface area contributed by atoms with Crippen molar-refractivity contribution in [1.82, 2.24) is 20.1 Å². The zero-order chi connectivity index (χ0) is 23.8. The van der Waals surface area contributed by atoms with E-state index in [1.807, 2.05) is 71.3 Å². The summed E-state index contributed by atoms with van der Waals surface area (Å²) in [5.41, 5.74) is 3.21. The minimum atomic E-state index is -0.00489. The molecule has 0 bridgehead atoms. The van der Waals surface area contributed by atoms with Gasteiger partial charge in [0, 0.05) is 40.9 Å². The van der Waals surface area contributed by atoms with Gasteiger partial charge in [0.15, 0.2) is 5.16 Å². The normalized spacial score (nSPS) is 10.9. The molecule has 0 saturated heterocycles. The number of thioether (sulfide) groups is 1. The van der Waals surface area contributed by atoms with Gasteiger partial charge in [-0.1, -0.05) is 77.4 Å². The molecule has 1 amide bonds. The van der Waals surface area contributed by atoms with Gasteiger partial charge in [-0.05, 0) is 53.9 Å². The number of aromatic nitrogens is 3. The van der Waals surface area contributed by atoms with E-state index < -0.39 is 0 Å². The van der Waals surface area contributed by atoms with Crippen LogP contribution in [0.4, 0.5) is 0 Å². The second-order valence-corrected chi connectivity index (χ2v) is 9.53. The van der Waals surface area contributed by atoms with Crippen molar-refractivity contribution < 1.29 is 4.79 Å². The Morgan fingerprint density at radius 3 is 2.38 bits per heavy atom. The van der Waals surface area contributed by atoms with Crippen LogP contribution in [0, 0.1) is 0 Å². The largest absolute Gasteiger partial charge is 0.356 e. The standard InChI is InChI=1S/C26H24Cl2N4OS/c27-21-9-11-23(12-10-21)32-24(13-14-25(33)29-16-15-19-5-2-1-3-6-19)30-31-26(32)34-18-20-7-4-8-22(28)17-20/h1-12,17H,13-16,18H2,(H,29,33). The van der Waals surface area contributed by atoms with Crippen LogP contribution >= 0.6 is 35.0 Å². The first-order valence-corrected chi connectivity index (χ1v) is 12.7. The van der Waals surface area contributed by atoms with E-state index in [0.29, 0.717) is 35.2 Å². The van der Waals surface area contributed by atoms with Crippen LogP contribution in [-0.4, -0.2) is 27.2 Å². The van der Waals surface area contributed by atoms with E-state index in [0.717, 1.165) is 28.7 Å². The molecule has 174 valence electrons. The number of halogens is 2. The van der Waals surface area contributed by atoms with Gasteiger partial charge in [-0.2, -0.15) is 0 Å². The van der Waals surface area contributed by atoms with E-state index in [4.69, 9.17) is 23.2 Å². The van der Waals surface area contributed by atoms with E-state index >= 15 is 0 Å². The van der Waals surface area contributed by atoms with Gasteiger partial charge < -0.3 is 5.32 Å². The number of amides is 1. The molecular formula is C26H24Cl2N4OS. The van der Waals surface area contributed by atoms with Crippen LogP contribution < -0.4 is 5.32 Å². The zero-order valence-corrected chi connectivity index (χ0v) is 20.8. The predicted molar refractivity (Wildman–Crippen MR) is 139 cm³/mol. The summed E-state index contributed by atoms with van der Waals surface area (Å²) in [6.45, 7) is 0.605. The molecule has 0 aliphatic carbocycles. The maximum absolute atomic E-state index is 12.4. The number of carbonyl (C=O) groups excluding carboxylic acids is 1. The van der Waals surface area contributed by atoms with Crippen LogP contribution in [0.1, 0.15) is 23.4 Å². The molecule has 1 N–H and O–H groups in total. The molecule has 3 aromatic carbocycles. The average molecular weight is 511 g/mol. The predicted octanol–water partition coefficient (Wildman–Crippen LogP) is 6.16. The molecule has 8 heteroatoms. The summed E-state index contributed by atoms with van der Waals surface area (Å²) < 4.78 is 1.99. The van der Waals surface area contributed by atoms with Crippen molar-refractivity contribution >= 4 is 40.9 Å². The first-order chi connectivity index (χ1) is 16.6. The average Bonchev–Trinajstić information content (AvgIpc) is 3.25. The van der Waals surface area contributed by atoms with Gasteiger partial charge in [0.2, 0.25) is 5.91 Å².